The number of rotatable bonds is 2. The van der Waals surface area contributed by atoms with Crippen molar-refractivity contribution in [2.75, 3.05) is 0 Å². The van der Waals surface area contributed by atoms with E-state index in [4.69, 9.17) is 5.73 Å². The lowest BCUT2D eigenvalue weighted by atomic mass is 9.81. The van der Waals surface area contributed by atoms with Gasteiger partial charge in [-0.25, -0.2) is 4.99 Å². The molecule has 94 valence electrons. The van der Waals surface area contributed by atoms with Gasteiger partial charge in [-0.1, -0.05) is 6.08 Å². The number of aromatic nitrogens is 1. The summed E-state index contributed by atoms with van der Waals surface area (Å²) in [4.78, 5) is 7.95. The summed E-state index contributed by atoms with van der Waals surface area (Å²) in [5, 5.41) is 0. The Morgan fingerprint density at radius 3 is 2.84 bits per heavy atom. The molecule has 0 aromatic carbocycles. The van der Waals surface area contributed by atoms with E-state index in [1.165, 1.54) is 11.1 Å². The second kappa shape index (κ2) is 5.21. The zero-order valence-corrected chi connectivity index (χ0v) is 10.6. The molecule has 1 aromatic heterocycles. The van der Waals surface area contributed by atoms with Crippen molar-refractivity contribution in [3.63, 3.8) is 0 Å². The minimum atomic E-state index is 0.180. The molecule has 1 aromatic rings. The summed E-state index contributed by atoms with van der Waals surface area (Å²) in [7, 11) is 0. The molecular weight excluding hydrogens is 234 g/mol. The first-order valence-electron chi connectivity index (χ1n) is 6.44. The van der Waals surface area contributed by atoms with Gasteiger partial charge in [-0.15, -0.1) is 0 Å². The van der Waals surface area contributed by atoms with E-state index < -0.39 is 0 Å². The van der Waals surface area contributed by atoms with Gasteiger partial charge in [0, 0.05) is 42.0 Å². The average molecular weight is 249 g/mol. The lowest BCUT2D eigenvalue weighted by Crippen LogP contribution is -2.27. The van der Waals surface area contributed by atoms with Crippen LogP contribution in [-0.2, 0) is 0 Å². The Morgan fingerprint density at radius 1 is 1.26 bits per heavy atom. The largest absolute Gasteiger partial charge is 0.327 e. The molecule has 1 aliphatic heterocycles. The van der Waals surface area contributed by atoms with Crippen LogP contribution in [0.3, 0.4) is 0 Å². The zero-order valence-electron chi connectivity index (χ0n) is 10.6. The molecule has 0 saturated carbocycles. The highest BCUT2D eigenvalue weighted by Gasteiger charge is 2.22. The van der Waals surface area contributed by atoms with Crippen LogP contribution in [0, 0.1) is 0 Å². The predicted octanol–water partition coefficient (Wildman–Crippen LogP) is 2.49. The molecule has 2 atom stereocenters. The molecule has 2 aliphatic rings. The molecule has 3 rings (SSSR count). The van der Waals surface area contributed by atoms with Gasteiger partial charge in [-0.2, -0.15) is 0 Å². The number of aliphatic imine (C=N–C) groups is 1. The third-order valence-electron chi connectivity index (χ3n) is 3.49. The third-order valence-corrected chi connectivity index (χ3v) is 3.49. The lowest BCUT2D eigenvalue weighted by Gasteiger charge is -2.26. The Kier molecular flexibility index (Phi) is 3.26. The van der Waals surface area contributed by atoms with E-state index in [0.29, 0.717) is 5.92 Å². The van der Waals surface area contributed by atoms with E-state index >= 15 is 0 Å². The van der Waals surface area contributed by atoms with Crippen LogP contribution in [0.15, 0.2) is 64.7 Å². The van der Waals surface area contributed by atoms with E-state index in [1.54, 1.807) is 6.20 Å². The van der Waals surface area contributed by atoms with Gasteiger partial charge < -0.3 is 5.73 Å². The van der Waals surface area contributed by atoms with Gasteiger partial charge in [0.25, 0.3) is 0 Å². The molecule has 0 bridgehead atoms. The number of pyridine rings is 1. The molecule has 3 heteroatoms. The Bertz CT molecular complexity index is 627. The molecule has 0 saturated heterocycles. The van der Waals surface area contributed by atoms with Gasteiger partial charge >= 0.3 is 0 Å². The molecule has 2 N–H and O–H groups in total. The molecule has 0 amide bonds. The average Bonchev–Trinajstić information content (AvgIpc) is 2.48. The van der Waals surface area contributed by atoms with Crippen molar-refractivity contribution in [2.24, 2.45) is 10.7 Å². The maximum absolute atomic E-state index is 6.19. The van der Waals surface area contributed by atoms with Crippen molar-refractivity contribution in [1.29, 1.82) is 0 Å². The lowest BCUT2D eigenvalue weighted by molar-refractivity contribution is 0.546. The number of nitrogens with two attached hydrogens (primary N) is 1. The summed E-state index contributed by atoms with van der Waals surface area (Å²) < 4.78 is 0. The van der Waals surface area contributed by atoms with E-state index in [0.717, 1.165) is 18.4 Å². The van der Waals surface area contributed by atoms with Crippen LogP contribution >= 0.6 is 0 Å². The molecule has 0 radical (unpaired) electrons. The maximum atomic E-state index is 6.19. The van der Waals surface area contributed by atoms with Gasteiger partial charge in [0.1, 0.15) is 0 Å². The van der Waals surface area contributed by atoms with Crippen molar-refractivity contribution in [2.45, 2.75) is 24.8 Å². The van der Waals surface area contributed by atoms with Gasteiger partial charge in [0.05, 0.1) is 0 Å². The fourth-order valence-corrected chi connectivity index (χ4v) is 2.58. The fraction of sp³-hybridized carbons (Fsp3) is 0.250. The molecule has 0 fully saturated rings. The van der Waals surface area contributed by atoms with Crippen LogP contribution in [-0.4, -0.2) is 16.9 Å². The van der Waals surface area contributed by atoms with Crippen molar-refractivity contribution in [1.82, 2.24) is 4.98 Å². The van der Waals surface area contributed by atoms with Crippen molar-refractivity contribution in [3.8, 4) is 0 Å². The maximum Gasteiger partial charge on any atom is 0.0391 e. The minimum absolute atomic E-state index is 0.180. The molecule has 0 spiro atoms. The smallest absolute Gasteiger partial charge is 0.0391 e. The number of nitrogens with zero attached hydrogens (tertiary/aromatic N) is 2. The predicted molar refractivity (Wildman–Crippen MR) is 75.9 cm³/mol. The van der Waals surface area contributed by atoms with Crippen molar-refractivity contribution >= 4 is 5.87 Å². The summed E-state index contributed by atoms with van der Waals surface area (Å²) in [6, 6.07) is 4.29. The van der Waals surface area contributed by atoms with E-state index in [-0.39, 0.29) is 6.04 Å². The van der Waals surface area contributed by atoms with Crippen LogP contribution in [0.25, 0.3) is 0 Å². The topological polar surface area (TPSA) is 51.3 Å². The van der Waals surface area contributed by atoms with E-state index in [9.17, 15) is 0 Å². The van der Waals surface area contributed by atoms with Crippen LogP contribution < -0.4 is 5.73 Å². The van der Waals surface area contributed by atoms with Crippen LogP contribution in [0.5, 0.6) is 0 Å². The monoisotopic (exact) mass is 249 g/mol. The molecule has 3 nitrogen and oxygen atoms in total. The zero-order chi connectivity index (χ0) is 13.1. The van der Waals surface area contributed by atoms with Gasteiger partial charge in [-0.3, -0.25) is 4.98 Å². The molecule has 2 unspecified atom stereocenters. The second-order valence-corrected chi connectivity index (χ2v) is 4.87. The van der Waals surface area contributed by atoms with Crippen LogP contribution in [0.2, 0.25) is 0 Å². The highest BCUT2D eigenvalue weighted by Crippen LogP contribution is 2.33. The molecule has 1 aliphatic carbocycles. The van der Waals surface area contributed by atoms with Crippen molar-refractivity contribution < 1.29 is 0 Å². The fourth-order valence-electron chi connectivity index (χ4n) is 2.58. The second-order valence-electron chi connectivity index (χ2n) is 4.87. The Hall–Kier alpha value is -2.18. The Labute approximate surface area is 112 Å². The summed E-state index contributed by atoms with van der Waals surface area (Å²) in [5.74, 6) is 3.11. The Morgan fingerprint density at radius 2 is 2.11 bits per heavy atom. The number of hydrogen-bond donors (Lipinski definition) is 1. The van der Waals surface area contributed by atoms with Gasteiger partial charge in [0.15, 0.2) is 0 Å². The first-order chi connectivity index (χ1) is 9.33. The quantitative estimate of drug-likeness (QED) is 0.819. The van der Waals surface area contributed by atoms with Crippen LogP contribution in [0.1, 0.15) is 24.3 Å². The highest BCUT2D eigenvalue weighted by molar-refractivity contribution is 5.60. The number of allylic oxidation sites excluding steroid dienone is 3. The van der Waals surface area contributed by atoms with E-state index in [2.05, 4.69) is 39.8 Å². The Balaban J connectivity index is 1.97. The summed E-state index contributed by atoms with van der Waals surface area (Å²) >= 11 is 0. The number of hydrogen-bond acceptors (Lipinski definition) is 3. The summed E-state index contributed by atoms with van der Waals surface area (Å²) in [5.41, 5.74) is 12.8. The van der Waals surface area contributed by atoms with E-state index in [1.807, 2.05) is 18.5 Å². The summed E-state index contributed by atoms with van der Waals surface area (Å²) in [6.07, 6.45) is 11.5. The van der Waals surface area contributed by atoms with Gasteiger partial charge in [-0.05, 0) is 47.9 Å². The normalized spacial score (nSPS) is 25.1. The van der Waals surface area contributed by atoms with Gasteiger partial charge in [0.2, 0.25) is 0 Å². The first-order valence-corrected chi connectivity index (χ1v) is 6.44. The molecular formula is C16H15N3. The highest BCUT2D eigenvalue weighted by atomic mass is 14.7. The molecule has 2 heterocycles. The minimum Gasteiger partial charge on any atom is -0.327 e. The SMILES string of the molecule is NC1CC(C2=C=C=NC=C2)=CC(c2ccncc2)C1. The van der Waals surface area contributed by atoms with Crippen molar-refractivity contribution in [3.05, 3.63) is 65.3 Å². The first kappa shape index (κ1) is 11.9. The third kappa shape index (κ3) is 2.64. The summed E-state index contributed by atoms with van der Waals surface area (Å²) in [6.45, 7) is 0. The standard InChI is InChI=1S/C16H15N3/c17-16-10-14(12-1-5-18-6-2-12)9-15(11-16)13-3-7-19-8-4-13/h1-3,5-7,9,14,16H,10-11,17H2. The molecule has 19 heavy (non-hydrogen) atoms. The van der Waals surface area contributed by atoms with Crippen LogP contribution in [0.4, 0.5) is 0 Å².